The number of rotatable bonds is 1. The molecule has 0 aliphatic rings. The van der Waals surface area contributed by atoms with E-state index in [-0.39, 0.29) is 0 Å². The number of anilines is 1. The molecule has 0 saturated heterocycles. The summed E-state index contributed by atoms with van der Waals surface area (Å²) in [4.78, 5) is 12.0. The quantitative estimate of drug-likeness (QED) is 0.840. The third-order valence-corrected chi connectivity index (χ3v) is 2.40. The zero-order valence-electron chi connectivity index (χ0n) is 7.18. The first-order valence-corrected chi connectivity index (χ1v) is 4.73. The van der Waals surface area contributed by atoms with Gasteiger partial charge in [-0.05, 0) is 22.0 Å². The topological polar surface area (TPSA) is 64.7 Å². The van der Waals surface area contributed by atoms with Gasteiger partial charge in [0, 0.05) is 29.8 Å². The highest BCUT2D eigenvalue weighted by molar-refractivity contribution is 9.10. The van der Waals surface area contributed by atoms with Crippen molar-refractivity contribution in [1.29, 1.82) is 0 Å². The molecule has 0 aliphatic carbocycles. The molecule has 2 heterocycles. The van der Waals surface area contributed by atoms with Gasteiger partial charge in [-0.3, -0.25) is 4.98 Å². The number of pyridine rings is 1. The number of hydrogen-bond acceptors (Lipinski definition) is 4. The summed E-state index contributed by atoms with van der Waals surface area (Å²) in [6.07, 6.45) is 6.54. The van der Waals surface area contributed by atoms with Gasteiger partial charge in [0.1, 0.15) is 6.33 Å². The Morgan fingerprint density at radius 1 is 1.14 bits per heavy atom. The largest absolute Gasteiger partial charge is 0.398 e. The molecule has 0 amide bonds. The Bertz CT molecular complexity index is 444. The van der Waals surface area contributed by atoms with E-state index in [9.17, 15) is 0 Å². The van der Waals surface area contributed by atoms with E-state index in [1.165, 1.54) is 6.33 Å². The molecule has 5 heteroatoms. The van der Waals surface area contributed by atoms with Crippen molar-refractivity contribution in [2.75, 3.05) is 5.73 Å². The van der Waals surface area contributed by atoms with Crippen LogP contribution in [-0.2, 0) is 0 Å². The van der Waals surface area contributed by atoms with Crippen molar-refractivity contribution < 1.29 is 0 Å². The molecule has 14 heavy (non-hydrogen) atoms. The second kappa shape index (κ2) is 3.71. The molecule has 2 N–H and O–H groups in total. The molecule has 0 bridgehead atoms. The van der Waals surface area contributed by atoms with Crippen molar-refractivity contribution in [3.8, 4) is 11.3 Å². The summed E-state index contributed by atoms with van der Waals surface area (Å²) in [7, 11) is 0. The highest BCUT2D eigenvalue weighted by Gasteiger charge is 2.02. The lowest BCUT2D eigenvalue weighted by molar-refractivity contribution is 1.16. The highest BCUT2D eigenvalue weighted by atomic mass is 79.9. The van der Waals surface area contributed by atoms with Crippen LogP contribution in [0.3, 0.4) is 0 Å². The minimum absolute atomic E-state index is 0.652. The molecule has 0 saturated carbocycles. The second-order valence-electron chi connectivity index (χ2n) is 2.72. The molecule has 2 rings (SSSR count). The maximum atomic E-state index is 5.73. The molecule has 0 spiro atoms. The Balaban J connectivity index is 2.48. The molecule has 4 nitrogen and oxygen atoms in total. The van der Waals surface area contributed by atoms with Crippen LogP contribution < -0.4 is 5.73 Å². The van der Waals surface area contributed by atoms with Crippen molar-refractivity contribution in [2.45, 2.75) is 0 Å². The van der Waals surface area contributed by atoms with Gasteiger partial charge in [0.25, 0.3) is 0 Å². The average molecular weight is 251 g/mol. The summed E-state index contributed by atoms with van der Waals surface area (Å²) in [5, 5.41) is 0. The summed E-state index contributed by atoms with van der Waals surface area (Å²) >= 11 is 3.28. The number of aromatic nitrogens is 3. The van der Waals surface area contributed by atoms with Gasteiger partial charge >= 0.3 is 0 Å². The summed E-state index contributed by atoms with van der Waals surface area (Å²) in [6, 6.07) is 1.78. The fourth-order valence-electron chi connectivity index (χ4n) is 1.04. The maximum Gasteiger partial charge on any atom is 0.115 e. The average Bonchev–Trinajstić information content (AvgIpc) is 2.23. The fraction of sp³-hybridized carbons (Fsp3) is 0. The van der Waals surface area contributed by atoms with Gasteiger partial charge in [-0.15, -0.1) is 0 Å². The minimum Gasteiger partial charge on any atom is -0.398 e. The molecular weight excluding hydrogens is 244 g/mol. The lowest BCUT2D eigenvalue weighted by Crippen LogP contribution is -1.91. The molecule has 0 fully saturated rings. The second-order valence-corrected chi connectivity index (χ2v) is 3.57. The van der Waals surface area contributed by atoms with Crippen LogP contribution in [-0.4, -0.2) is 15.0 Å². The Morgan fingerprint density at radius 3 is 2.50 bits per heavy atom. The molecule has 0 atom stereocenters. The first-order valence-electron chi connectivity index (χ1n) is 3.94. The Kier molecular flexibility index (Phi) is 2.41. The Labute approximate surface area is 89.4 Å². The van der Waals surface area contributed by atoms with Gasteiger partial charge in [0.15, 0.2) is 0 Å². The van der Waals surface area contributed by atoms with Gasteiger partial charge in [-0.1, -0.05) is 0 Å². The van der Waals surface area contributed by atoms with Gasteiger partial charge < -0.3 is 5.73 Å². The van der Waals surface area contributed by atoms with Crippen LogP contribution in [0.1, 0.15) is 0 Å². The van der Waals surface area contributed by atoms with E-state index in [2.05, 4.69) is 30.9 Å². The Hall–Kier alpha value is -1.49. The third-order valence-electron chi connectivity index (χ3n) is 1.74. The van der Waals surface area contributed by atoms with E-state index in [4.69, 9.17) is 5.73 Å². The van der Waals surface area contributed by atoms with Crippen LogP contribution in [0.5, 0.6) is 0 Å². The van der Waals surface area contributed by atoms with Crippen molar-refractivity contribution in [1.82, 2.24) is 15.0 Å². The van der Waals surface area contributed by atoms with Crippen LogP contribution >= 0.6 is 15.9 Å². The van der Waals surface area contributed by atoms with Crippen molar-refractivity contribution >= 4 is 21.6 Å². The normalized spacial score (nSPS) is 10.1. The van der Waals surface area contributed by atoms with Gasteiger partial charge in [0.2, 0.25) is 0 Å². The fourth-order valence-corrected chi connectivity index (χ4v) is 1.26. The molecule has 70 valence electrons. The van der Waals surface area contributed by atoms with Crippen molar-refractivity contribution in [3.63, 3.8) is 0 Å². The van der Waals surface area contributed by atoms with Crippen LogP contribution in [0, 0.1) is 0 Å². The molecule has 0 aromatic carbocycles. The molecule has 0 aliphatic heterocycles. The predicted octanol–water partition coefficient (Wildman–Crippen LogP) is 1.88. The van der Waals surface area contributed by atoms with E-state index < -0.39 is 0 Å². The first kappa shape index (κ1) is 9.08. The smallest absolute Gasteiger partial charge is 0.115 e. The maximum absolute atomic E-state index is 5.73. The van der Waals surface area contributed by atoms with E-state index in [0.29, 0.717) is 5.69 Å². The van der Waals surface area contributed by atoms with Gasteiger partial charge in [-0.25, -0.2) is 9.97 Å². The van der Waals surface area contributed by atoms with E-state index in [1.54, 1.807) is 24.7 Å². The molecular formula is C9H7BrN4. The zero-order chi connectivity index (χ0) is 9.97. The summed E-state index contributed by atoms with van der Waals surface area (Å²) in [5.74, 6) is 0. The van der Waals surface area contributed by atoms with Crippen LogP contribution in [0.15, 0.2) is 35.5 Å². The number of halogens is 1. The third kappa shape index (κ3) is 1.72. The van der Waals surface area contributed by atoms with Crippen molar-refractivity contribution in [2.24, 2.45) is 0 Å². The number of nitrogen functional groups attached to an aromatic ring is 1. The standard InChI is InChI=1S/C9H7BrN4/c10-7-4-14-9(1-8(7)11)6-2-12-5-13-3-6/h1-5H,(H2,11,14). The SMILES string of the molecule is Nc1cc(-c2cncnc2)ncc1Br. The Morgan fingerprint density at radius 2 is 1.86 bits per heavy atom. The zero-order valence-corrected chi connectivity index (χ0v) is 8.77. The van der Waals surface area contributed by atoms with Crippen LogP contribution in [0.2, 0.25) is 0 Å². The molecule has 0 unspecified atom stereocenters. The van der Waals surface area contributed by atoms with Gasteiger partial charge in [-0.2, -0.15) is 0 Å². The van der Waals surface area contributed by atoms with Crippen LogP contribution in [0.25, 0.3) is 11.3 Å². The van der Waals surface area contributed by atoms with E-state index in [1.807, 2.05) is 0 Å². The van der Waals surface area contributed by atoms with Crippen LogP contribution in [0.4, 0.5) is 5.69 Å². The number of nitrogens with zero attached hydrogens (tertiary/aromatic N) is 3. The predicted molar refractivity (Wildman–Crippen MR) is 57.4 cm³/mol. The lowest BCUT2D eigenvalue weighted by atomic mass is 10.2. The number of nitrogens with two attached hydrogens (primary N) is 1. The molecule has 0 radical (unpaired) electrons. The first-order chi connectivity index (χ1) is 6.77. The van der Waals surface area contributed by atoms with E-state index >= 15 is 0 Å². The minimum atomic E-state index is 0.652. The molecule has 2 aromatic heterocycles. The summed E-state index contributed by atoms with van der Waals surface area (Å²) < 4.78 is 0.790. The lowest BCUT2D eigenvalue weighted by Gasteiger charge is -2.01. The van der Waals surface area contributed by atoms with E-state index in [0.717, 1.165) is 15.7 Å². The molecule has 2 aromatic rings. The summed E-state index contributed by atoms with van der Waals surface area (Å²) in [5.41, 5.74) is 8.01. The number of hydrogen-bond donors (Lipinski definition) is 1. The van der Waals surface area contributed by atoms with Gasteiger partial charge in [0.05, 0.1) is 10.2 Å². The van der Waals surface area contributed by atoms with Crippen molar-refractivity contribution in [3.05, 3.63) is 35.5 Å². The summed E-state index contributed by atoms with van der Waals surface area (Å²) in [6.45, 7) is 0. The highest BCUT2D eigenvalue weighted by Crippen LogP contribution is 2.23. The monoisotopic (exact) mass is 250 g/mol.